The molecule has 0 N–H and O–H groups in total. The van der Waals surface area contributed by atoms with Gasteiger partial charge in [-0.3, -0.25) is 0 Å². The molecule has 2 aliphatic rings. The number of methoxy groups -OCH3 is 2. The first-order valence-electron chi connectivity index (χ1n) is 13.0. The summed E-state index contributed by atoms with van der Waals surface area (Å²) in [6, 6.07) is 23.8. The van der Waals surface area contributed by atoms with Gasteiger partial charge in [-0.25, -0.2) is 4.99 Å². The fourth-order valence-electron chi connectivity index (χ4n) is 5.03. The lowest BCUT2D eigenvalue weighted by Crippen LogP contribution is -2.41. The van der Waals surface area contributed by atoms with Crippen LogP contribution in [0, 0.1) is 5.92 Å². The van der Waals surface area contributed by atoms with Gasteiger partial charge in [-0.1, -0.05) is 56.3 Å². The molecule has 6 nitrogen and oxygen atoms in total. The summed E-state index contributed by atoms with van der Waals surface area (Å²) in [5.74, 6) is 2.81. The number of benzene rings is 3. The Hall–Kier alpha value is -3.67. The van der Waals surface area contributed by atoms with Crippen molar-refractivity contribution in [1.82, 2.24) is 4.90 Å². The van der Waals surface area contributed by atoms with E-state index in [0.29, 0.717) is 19.1 Å². The molecule has 0 aliphatic carbocycles. The number of rotatable bonds is 8. The molecular formula is C31H36N2O4. The van der Waals surface area contributed by atoms with E-state index in [1.165, 1.54) is 16.7 Å². The van der Waals surface area contributed by atoms with Crippen molar-refractivity contribution >= 4 is 6.02 Å². The zero-order valence-electron chi connectivity index (χ0n) is 22.1. The molecule has 0 bridgehead atoms. The van der Waals surface area contributed by atoms with Crippen molar-refractivity contribution in [1.29, 1.82) is 0 Å². The minimum atomic E-state index is 0.0618. The van der Waals surface area contributed by atoms with Gasteiger partial charge in [0.05, 0.1) is 26.3 Å². The smallest absolute Gasteiger partial charge is 0.288 e. The molecule has 0 saturated carbocycles. The van der Waals surface area contributed by atoms with Gasteiger partial charge in [-0.05, 0) is 65.3 Å². The third-order valence-electron chi connectivity index (χ3n) is 7.28. The van der Waals surface area contributed by atoms with Gasteiger partial charge in [0.2, 0.25) is 0 Å². The molecule has 0 unspecified atom stereocenters. The van der Waals surface area contributed by atoms with E-state index >= 15 is 0 Å². The maximum absolute atomic E-state index is 6.30. The fourth-order valence-corrected chi connectivity index (χ4v) is 5.03. The third kappa shape index (κ3) is 5.53. The first-order valence-corrected chi connectivity index (χ1v) is 13.0. The maximum atomic E-state index is 6.30. The molecule has 0 amide bonds. The number of ether oxygens (including phenoxy) is 4. The van der Waals surface area contributed by atoms with Crippen LogP contribution in [-0.4, -0.2) is 44.3 Å². The van der Waals surface area contributed by atoms with Crippen molar-refractivity contribution < 1.29 is 18.9 Å². The first-order chi connectivity index (χ1) is 18.1. The van der Waals surface area contributed by atoms with Gasteiger partial charge in [0.15, 0.2) is 11.5 Å². The van der Waals surface area contributed by atoms with Gasteiger partial charge in [0.1, 0.15) is 19.0 Å². The normalized spacial score (nSPS) is 18.7. The summed E-state index contributed by atoms with van der Waals surface area (Å²) >= 11 is 0. The lowest BCUT2D eigenvalue weighted by molar-refractivity contribution is 0.200. The van der Waals surface area contributed by atoms with E-state index in [4.69, 9.17) is 23.9 Å². The van der Waals surface area contributed by atoms with Crippen LogP contribution >= 0.6 is 0 Å². The molecule has 194 valence electrons. The maximum Gasteiger partial charge on any atom is 0.288 e. The van der Waals surface area contributed by atoms with E-state index in [0.717, 1.165) is 48.2 Å². The Labute approximate surface area is 219 Å². The van der Waals surface area contributed by atoms with E-state index in [2.05, 4.69) is 55.1 Å². The Kier molecular flexibility index (Phi) is 7.54. The highest BCUT2D eigenvalue weighted by atomic mass is 16.5. The molecule has 37 heavy (non-hydrogen) atoms. The molecule has 2 atom stereocenters. The molecule has 0 spiro atoms. The topological polar surface area (TPSA) is 52.5 Å². The summed E-state index contributed by atoms with van der Waals surface area (Å²) < 4.78 is 23.6. The van der Waals surface area contributed by atoms with Gasteiger partial charge in [0.25, 0.3) is 6.02 Å². The van der Waals surface area contributed by atoms with Gasteiger partial charge in [-0.15, -0.1) is 0 Å². The van der Waals surface area contributed by atoms with Crippen molar-refractivity contribution in [3.63, 3.8) is 0 Å². The zero-order chi connectivity index (χ0) is 25.8. The summed E-state index contributed by atoms with van der Waals surface area (Å²) in [7, 11) is 3.40. The molecule has 0 radical (unpaired) electrons. The van der Waals surface area contributed by atoms with Crippen LogP contribution in [0.3, 0.4) is 0 Å². The number of nitrogens with zero attached hydrogens (tertiary/aromatic N) is 2. The Bertz CT molecular complexity index is 1220. The zero-order valence-corrected chi connectivity index (χ0v) is 22.1. The largest absolute Gasteiger partial charge is 0.497 e. The number of amidine groups is 1. The Morgan fingerprint density at radius 3 is 2.41 bits per heavy atom. The molecule has 2 heterocycles. The predicted octanol–water partition coefficient (Wildman–Crippen LogP) is 5.84. The van der Waals surface area contributed by atoms with Crippen LogP contribution in [0.1, 0.15) is 42.1 Å². The van der Waals surface area contributed by atoms with E-state index in [-0.39, 0.29) is 12.1 Å². The summed E-state index contributed by atoms with van der Waals surface area (Å²) in [6.07, 6.45) is 1.70. The fraction of sp³-hybridized carbons (Fsp3) is 0.387. The molecule has 0 saturated heterocycles. The predicted molar refractivity (Wildman–Crippen MR) is 146 cm³/mol. The van der Waals surface area contributed by atoms with Crippen molar-refractivity contribution in [2.75, 3.05) is 27.4 Å². The van der Waals surface area contributed by atoms with Crippen LogP contribution in [0.25, 0.3) is 0 Å². The molecule has 5 rings (SSSR count). The Morgan fingerprint density at radius 2 is 1.73 bits per heavy atom. The number of hydrogen-bond acceptors (Lipinski definition) is 6. The minimum absolute atomic E-state index is 0.0618. The van der Waals surface area contributed by atoms with Crippen LogP contribution in [0.5, 0.6) is 17.2 Å². The van der Waals surface area contributed by atoms with E-state index < -0.39 is 0 Å². The van der Waals surface area contributed by atoms with Gasteiger partial charge >= 0.3 is 0 Å². The van der Waals surface area contributed by atoms with Gasteiger partial charge in [-0.2, -0.15) is 0 Å². The molecule has 3 aromatic rings. The summed E-state index contributed by atoms with van der Waals surface area (Å²) in [5.41, 5.74) is 4.85. The molecule has 2 aliphatic heterocycles. The van der Waals surface area contributed by atoms with Crippen LogP contribution in [0.4, 0.5) is 0 Å². The summed E-state index contributed by atoms with van der Waals surface area (Å²) in [4.78, 5) is 7.32. The standard InChI is InChI=1S/C31H36N2O4/c1-21(2)27-20-37-31(32-27)33-15-14-24-17-29(35-4)30(36-19-23-8-6-5-7-9-23)18-26(24)28(33)16-22-10-12-25(34-3)13-11-22/h5-13,17-18,21,27-28H,14-16,19-20H2,1-4H3/t27-,28-/m1/s1. The van der Waals surface area contributed by atoms with Crippen LogP contribution in [-0.2, 0) is 24.2 Å². The molecule has 3 aromatic carbocycles. The molecule has 0 aromatic heterocycles. The highest BCUT2D eigenvalue weighted by Crippen LogP contribution is 2.41. The highest BCUT2D eigenvalue weighted by Gasteiger charge is 2.35. The number of aliphatic imine (C=N–C) groups is 1. The van der Waals surface area contributed by atoms with Gasteiger partial charge < -0.3 is 23.8 Å². The van der Waals surface area contributed by atoms with Gasteiger partial charge in [0, 0.05) is 6.54 Å². The second-order valence-electron chi connectivity index (χ2n) is 10.0. The summed E-state index contributed by atoms with van der Waals surface area (Å²) in [6.45, 7) is 6.35. The third-order valence-corrected chi connectivity index (χ3v) is 7.28. The second-order valence-corrected chi connectivity index (χ2v) is 10.0. The van der Waals surface area contributed by atoms with Crippen LogP contribution < -0.4 is 14.2 Å². The monoisotopic (exact) mass is 500 g/mol. The molecular weight excluding hydrogens is 464 g/mol. The lowest BCUT2D eigenvalue weighted by atomic mass is 9.88. The quantitative estimate of drug-likeness (QED) is 0.389. The van der Waals surface area contributed by atoms with Crippen molar-refractivity contribution in [2.24, 2.45) is 10.9 Å². The Balaban J connectivity index is 1.50. The number of fused-ring (bicyclic) bond motifs is 1. The van der Waals surface area contributed by atoms with Crippen molar-refractivity contribution in [3.05, 3.63) is 89.0 Å². The Morgan fingerprint density at radius 1 is 0.946 bits per heavy atom. The van der Waals surface area contributed by atoms with Crippen molar-refractivity contribution in [3.8, 4) is 17.2 Å². The number of hydrogen-bond donors (Lipinski definition) is 0. The minimum Gasteiger partial charge on any atom is -0.497 e. The van der Waals surface area contributed by atoms with Crippen LogP contribution in [0.2, 0.25) is 0 Å². The van der Waals surface area contributed by atoms with E-state index in [9.17, 15) is 0 Å². The summed E-state index contributed by atoms with van der Waals surface area (Å²) in [5, 5.41) is 0. The van der Waals surface area contributed by atoms with Crippen LogP contribution in [0.15, 0.2) is 71.7 Å². The first kappa shape index (κ1) is 25.0. The average molecular weight is 501 g/mol. The second kappa shape index (κ2) is 11.2. The average Bonchev–Trinajstić information content (AvgIpc) is 3.43. The van der Waals surface area contributed by atoms with E-state index in [1.54, 1.807) is 14.2 Å². The lowest BCUT2D eigenvalue weighted by Gasteiger charge is -2.38. The SMILES string of the molecule is COc1ccc(C[C@@H]2c3cc(OCc4ccccc4)c(OC)cc3CCN2C2=N[C@@H](C(C)C)CO2)cc1. The highest BCUT2D eigenvalue weighted by molar-refractivity contribution is 5.77. The molecule has 0 fully saturated rings. The van der Waals surface area contributed by atoms with Crippen molar-refractivity contribution in [2.45, 2.75) is 45.4 Å². The van der Waals surface area contributed by atoms with E-state index in [1.807, 2.05) is 30.3 Å². The molecule has 6 heteroatoms.